The van der Waals surface area contributed by atoms with E-state index in [0.717, 1.165) is 12.5 Å². The molecule has 0 aromatic carbocycles. The molecule has 12 heavy (non-hydrogen) atoms. The highest BCUT2D eigenvalue weighted by Gasteiger charge is 2.02. The summed E-state index contributed by atoms with van der Waals surface area (Å²) >= 11 is 0. The molecular formula is C11H21N. The lowest BCUT2D eigenvalue weighted by atomic mass is 10.1. The van der Waals surface area contributed by atoms with Crippen LogP contribution in [0.25, 0.3) is 0 Å². The van der Waals surface area contributed by atoms with E-state index in [0.29, 0.717) is 5.92 Å². The van der Waals surface area contributed by atoms with E-state index < -0.39 is 0 Å². The monoisotopic (exact) mass is 167 g/mol. The highest BCUT2D eigenvalue weighted by atomic mass is 14.7. The molecule has 1 aliphatic rings. The molecule has 0 saturated carbocycles. The van der Waals surface area contributed by atoms with E-state index in [1.165, 1.54) is 5.71 Å². The molecule has 1 nitrogen and oxygen atoms in total. The van der Waals surface area contributed by atoms with Crippen LogP contribution in [-0.4, -0.2) is 12.3 Å². The Hall–Kier alpha value is -0.590. The zero-order valence-electron chi connectivity index (χ0n) is 8.96. The average molecular weight is 167 g/mol. The minimum atomic E-state index is 0.605. The summed E-state index contributed by atoms with van der Waals surface area (Å²) in [7, 11) is 0. The molecule has 0 aromatic rings. The molecule has 0 fully saturated rings. The van der Waals surface area contributed by atoms with Crippen LogP contribution in [0.3, 0.4) is 0 Å². The van der Waals surface area contributed by atoms with Gasteiger partial charge < -0.3 is 0 Å². The van der Waals surface area contributed by atoms with E-state index in [4.69, 9.17) is 0 Å². The van der Waals surface area contributed by atoms with Gasteiger partial charge in [0.2, 0.25) is 0 Å². The van der Waals surface area contributed by atoms with Crippen LogP contribution < -0.4 is 0 Å². The quantitative estimate of drug-likeness (QED) is 0.568. The first-order chi connectivity index (χ1) is 5.54. The fourth-order valence-electron chi connectivity index (χ4n) is 0.759. The van der Waals surface area contributed by atoms with Crippen molar-refractivity contribution in [2.45, 2.75) is 34.6 Å². The third kappa shape index (κ3) is 6.14. The second kappa shape index (κ2) is 5.99. The van der Waals surface area contributed by atoms with Gasteiger partial charge in [-0.1, -0.05) is 40.7 Å². The van der Waals surface area contributed by atoms with Crippen LogP contribution in [0.2, 0.25) is 0 Å². The fraction of sp³-hybridized carbons (Fsp3) is 0.727. The van der Waals surface area contributed by atoms with Gasteiger partial charge in [-0.25, -0.2) is 0 Å². The molecule has 0 bridgehead atoms. The topological polar surface area (TPSA) is 12.4 Å². The summed E-state index contributed by atoms with van der Waals surface area (Å²) in [6.07, 6.45) is 4.19. The van der Waals surface area contributed by atoms with Crippen molar-refractivity contribution in [3.8, 4) is 0 Å². The molecule has 0 unspecified atom stereocenters. The smallest absolute Gasteiger partial charge is 0.0577 e. The number of aliphatic imine (C=N–C) groups is 1. The molecule has 0 atom stereocenters. The predicted molar refractivity (Wildman–Crippen MR) is 56.8 cm³/mol. The molecule has 0 radical (unpaired) electrons. The van der Waals surface area contributed by atoms with E-state index in [9.17, 15) is 0 Å². The van der Waals surface area contributed by atoms with Crippen LogP contribution in [0.1, 0.15) is 34.6 Å². The van der Waals surface area contributed by atoms with Crippen LogP contribution in [-0.2, 0) is 0 Å². The minimum Gasteiger partial charge on any atom is -0.285 e. The van der Waals surface area contributed by atoms with Gasteiger partial charge in [-0.3, -0.25) is 4.99 Å². The van der Waals surface area contributed by atoms with Gasteiger partial charge in [0.15, 0.2) is 0 Å². The lowest BCUT2D eigenvalue weighted by Gasteiger charge is -1.98. The van der Waals surface area contributed by atoms with Gasteiger partial charge in [-0.15, -0.1) is 0 Å². The molecule has 0 aliphatic carbocycles. The van der Waals surface area contributed by atoms with Crippen molar-refractivity contribution >= 4 is 5.71 Å². The Labute approximate surface area is 76.6 Å². The summed E-state index contributed by atoms with van der Waals surface area (Å²) in [5.74, 6) is 1.44. The SMILES string of the molecule is CC(C)C.CC(C)C1=NCC=C1. The van der Waals surface area contributed by atoms with Crippen molar-refractivity contribution in [1.82, 2.24) is 0 Å². The normalized spacial score (nSPS) is 14.8. The Balaban J connectivity index is 0.000000261. The third-order valence-corrected chi connectivity index (χ3v) is 1.26. The first-order valence-electron chi connectivity index (χ1n) is 4.75. The van der Waals surface area contributed by atoms with Gasteiger partial charge in [0.25, 0.3) is 0 Å². The Kier molecular flexibility index (Phi) is 5.69. The van der Waals surface area contributed by atoms with Crippen LogP contribution in [0.5, 0.6) is 0 Å². The molecule has 0 N–H and O–H groups in total. The first kappa shape index (κ1) is 11.4. The molecule has 1 aliphatic heterocycles. The number of rotatable bonds is 1. The Morgan fingerprint density at radius 1 is 1.17 bits per heavy atom. The Morgan fingerprint density at radius 2 is 1.67 bits per heavy atom. The van der Waals surface area contributed by atoms with E-state index >= 15 is 0 Å². The fourth-order valence-corrected chi connectivity index (χ4v) is 0.759. The summed E-state index contributed by atoms with van der Waals surface area (Å²) in [6, 6.07) is 0. The van der Waals surface area contributed by atoms with Gasteiger partial charge in [0, 0.05) is 5.71 Å². The lowest BCUT2D eigenvalue weighted by Crippen LogP contribution is -2.00. The van der Waals surface area contributed by atoms with E-state index in [1.54, 1.807) is 0 Å². The maximum Gasteiger partial charge on any atom is 0.0577 e. The van der Waals surface area contributed by atoms with E-state index in [2.05, 4.69) is 51.8 Å². The summed E-state index contributed by atoms with van der Waals surface area (Å²) in [6.45, 7) is 11.7. The molecule has 0 amide bonds. The number of nitrogens with zero attached hydrogens (tertiary/aromatic N) is 1. The zero-order chi connectivity index (χ0) is 9.56. The van der Waals surface area contributed by atoms with Gasteiger partial charge in [-0.2, -0.15) is 0 Å². The van der Waals surface area contributed by atoms with Gasteiger partial charge in [-0.05, 0) is 17.9 Å². The number of allylic oxidation sites excluding steroid dienone is 1. The Bertz CT molecular complexity index is 161. The van der Waals surface area contributed by atoms with Crippen LogP contribution in [0.4, 0.5) is 0 Å². The molecule has 1 heteroatoms. The summed E-state index contributed by atoms with van der Waals surface area (Å²) in [5.41, 5.74) is 1.24. The maximum absolute atomic E-state index is 4.24. The van der Waals surface area contributed by atoms with Crippen molar-refractivity contribution in [3.05, 3.63) is 12.2 Å². The molecule has 0 spiro atoms. The van der Waals surface area contributed by atoms with E-state index in [1.807, 2.05) is 0 Å². The standard InChI is InChI=1S/C7H11N.C4H10/c1-6(2)7-4-3-5-8-7;1-4(2)3/h3-4,6H,5H2,1-2H3;4H,1-3H3. The molecule has 0 aromatic heterocycles. The largest absolute Gasteiger partial charge is 0.285 e. The van der Waals surface area contributed by atoms with Crippen molar-refractivity contribution < 1.29 is 0 Å². The first-order valence-corrected chi connectivity index (χ1v) is 4.75. The zero-order valence-corrected chi connectivity index (χ0v) is 8.96. The van der Waals surface area contributed by atoms with Gasteiger partial charge in [0.1, 0.15) is 0 Å². The summed E-state index contributed by atoms with van der Waals surface area (Å²) in [5, 5.41) is 0. The van der Waals surface area contributed by atoms with Crippen molar-refractivity contribution in [3.63, 3.8) is 0 Å². The highest BCUT2D eigenvalue weighted by Crippen LogP contribution is 2.03. The van der Waals surface area contributed by atoms with Crippen LogP contribution in [0, 0.1) is 11.8 Å². The minimum absolute atomic E-state index is 0.605. The molecule has 70 valence electrons. The van der Waals surface area contributed by atoms with Crippen molar-refractivity contribution in [2.75, 3.05) is 6.54 Å². The van der Waals surface area contributed by atoms with Gasteiger partial charge in [0.05, 0.1) is 6.54 Å². The number of hydrogen-bond donors (Lipinski definition) is 0. The maximum atomic E-state index is 4.24. The summed E-state index contributed by atoms with van der Waals surface area (Å²) < 4.78 is 0. The van der Waals surface area contributed by atoms with Gasteiger partial charge >= 0.3 is 0 Å². The predicted octanol–water partition coefficient (Wildman–Crippen LogP) is 3.32. The molecule has 1 rings (SSSR count). The molecular weight excluding hydrogens is 146 g/mol. The van der Waals surface area contributed by atoms with E-state index in [-0.39, 0.29) is 0 Å². The number of hydrogen-bond acceptors (Lipinski definition) is 1. The second-order valence-electron chi connectivity index (χ2n) is 4.05. The Morgan fingerprint density at radius 3 is 1.83 bits per heavy atom. The second-order valence-corrected chi connectivity index (χ2v) is 4.05. The average Bonchev–Trinajstić information content (AvgIpc) is 2.34. The van der Waals surface area contributed by atoms with Crippen molar-refractivity contribution in [1.29, 1.82) is 0 Å². The molecule has 1 heterocycles. The summed E-state index contributed by atoms with van der Waals surface area (Å²) in [4.78, 5) is 4.24. The lowest BCUT2D eigenvalue weighted by molar-refractivity contribution is 0.737. The van der Waals surface area contributed by atoms with Crippen LogP contribution >= 0.6 is 0 Å². The van der Waals surface area contributed by atoms with Crippen LogP contribution in [0.15, 0.2) is 17.1 Å². The van der Waals surface area contributed by atoms with Crippen molar-refractivity contribution in [2.24, 2.45) is 16.8 Å². The molecule has 0 saturated heterocycles. The third-order valence-electron chi connectivity index (χ3n) is 1.26. The highest BCUT2D eigenvalue weighted by molar-refractivity contribution is 5.97.